The van der Waals surface area contributed by atoms with Crippen LogP contribution in [0.3, 0.4) is 0 Å². The zero-order chi connectivity index (χ0) is 24.7. The lowest BCUT2D eigenvalue weighted by molar-refractivity contribution is -0.138. The fourth-order valence-electron chi connectivity index (χ4n) is 5.12. The Labute approximate surface area is 198 Å². The summed E-state index contributed by atoms with van der Waals surface area (Å²) in [5.74, 6) is -0.333. The molecule has 1 aromatic carbocycles. The molecule has 1 amide bonds. The molecule has 0 atom stereocenters. The van der Waals surface area contributed by atoms with Crippen molar-refractivity contribution in [3.63, 3.8) is 0 Å². The molecule has 1 aromatic rings. The van der Waals surface area contributed by atoms with Crippen molar-refractivity contribution in [2.45, 2.75) is 45.2 Å². The first-order valence-electron chi connectivity index (χ1n) is 11.7. The maximum absolute atomic E-state index is 13.4. The van der Waals surface area contributed by atoms with Gasteiger partial charge in [0.05, 0.1) is 17.9 Å². The molecule has 0 radical (unpaired) electrons. The molecule has 0 N–H and O–H groups in total. The molecule has 0 spiro atoms. The quantitative estimate of drug-likeness (QED) is 0.621. The standard InChI is InChI=1S/C24H30F3N3O3S/c1-16(2)15-34(32,33)30-12-9-20-18(14-30)13-28-22(20)23(31)29-10-7-17(8-11-29)19-5-3-4-6-21(19)24(25,26)27/h3-6,16-17H,7-15H2,1-2H3. The Balaban J connectivity index is 1.41. The fourth-order valence-corrected chi connectivity index (χ4v) is 6.89. The van der Waals surface area contributed by atoms with Crippen LogP contribution in [0.2, 0.25) is 0 Å². The van der Waals surface area contributed by atoms with Gasteiger partial charge in [-0.2, -0.15) is 17.5 Å². The number of sulfonamides is 1. The van der Waals surface area contributed by atoms with Gasteiger partial charge in [0.15, 0.2) is 0 Å². The third-order valence-corrected chi connectivity index (χ3v) is 8.93. The zero-order valence-corrected chi connectivity index (χ0v) is 20.3. The number of hydrogen-bond donors (Lipinski definition) is 0. The van der Waals surface area contributed by atoms with E-state index >= 15 is 0 Å². The smallest absolute Gasteiger partial charge is 0.337 e. The minimum atomic E-state index is -4.40. The minimum absolute atomic E-state index is 0.0309. The normalized spacial score (nSPS) is 20.6. The molecule has 10 heteroatoms. The average Bonchev–Trinajstić information content (AvgIpc) is 3.21. The summed E-state index contributed by atoms with van der Waals surface area (Å²) in [6.45, 7) is 5.38. The Kier molecular flexibility index (Phi) is 6.92. The Hall–Kier alpha value is -2.20. The van der Waals surface area contributed by atoms with Crippen molar-refractivity contribution in [1.29, 1.82) is 0 Å². The first-order valence-corrected chi connectivity index (χ1v) is 13.3. The maximum Gasteiger partial charge on any atom is 0.416 e. The molecule has 3 aliphatic heterocycles. The number of hydrogen-bond acceptors (Lipinski definition) is 4. The molecular formula is C24H30F3N3O3S. The number of nitrogens with zero attached hydrogens (tertiary/aromatic N) is 3. The molecule has 0 unspecified atom stereocenters. The zero-order valence-electron chi connectivity index (χ0n) is 19.4. The molecular weight excluding hydrogens is 467 g/mol. The van der Waals surface area contributed by atoms with Crippen LogP contribution in [0.25, 0.3) is 0 Å². The van der Waals surface area contributed by atoms with Crippen LogP contribution in [0, 0.1) is 5.92 Å². The number of halogens is 3. The Morgan fingerprint density at radius 2 is 1.82 bits per heavy atom. The first-order chi connectivity index (χ1) is 16.0. The molecule has 4 rings (SSSR count). The van der Waals surface area contributed by atoms with Crippen LogP contribution in [0.1, 0.15) is 50.2 Å². The van der Waals surface area contributed by atoms with Crippen molar-refractivity contribution in [2.24, 2.45) is 10.9 Å². The fraction of sp³-hybridized carbons (Fsp3) is 0.583. The van der Waals surface area contributed by atoms with Crippen LogP contribution < -0.4 is 0 Å². The molecule has 0 bridgehead atoms. The number of benzene rings is 1. The number of piperidine rings is 1. The van der Waals surface area contributed by atoms with Gasteiger partial charge in [-0.25, -0.2) is 8.42 Å². The van der Waals surface area contributed by atoms with Gasteiger partial charge < -0.3 is 4.90 Å². The SMILES string of the molecule is CC(C)CS(=O)(=O)N1CCC2=C(CN=C2C(=O)N2CCC(c3ccccc3C(F)(F)F)CC2)C1. The summed E-state index contributed by atoms with van der Waals surface area (Å²) in [5.41, 5.74) is 1.79. The van der Waals surface area contributed by atoms with E-state index in [1.165, 1.54) is 16.4 Å². The summed E-state index contributed by atoms with van der Waals surface area (Å²) in [5, 5.41) is 0. The lowest BCUT2D eigenvalue weighted by Gasteiger charge is -2.34. The lowest BCUT2D eigenvalue weighted by atomic mass is 9.86. The van der Waals surface area contributed by atoms with Gasteiger partial charge in [-0.1, -0.05) is 32.0 Å². The number of amides is 1. The van der Waals surface area contributed by atoms with E-state index in [2.05, 4.69) is 4.99 Å². The number of aliphatic imine (C=N–C) groups is 1. The van der Waals surface area contributed by atoms with E-state index < -0.39 is 21.8 Å². The summed E-state index contributed by atoms with van der Waals surface area (Å²) < 4.78 is 66.9. The maximum atomic E-state index is 13.4. The average molecular weight is 498 g/mol. The van der Waals surface area contributed by atoms with E-state index in [0.29, 0.717) is 56.7 Å². The lowest BCUT2D eigenvalue weighted by Crippen LogP contribution is -2.44. The molecule has 1 fully saturated rings. The largest absolute Gasteiger partial charge is 0.416 e. The molecule has 186 valence electrons. The van der Waals surface area contributed by atoms with E-state index in [-0.39, 0.29) is 30.0 Å². The second-order valence-electron chi connectivity index (χ2n) is 9.65. The van der Waals surface area contributed by atoms with Gasteiger partial charge in [0.2, 0.25) is 10.0 Å². The summed E-state index contributed by atoms with van der Waals surface area (Å²) in [6.07, 6.45) is -3.03. The summed E-state index contributed by atoms with van der Waals surface area (Å²) in [4.78, 5) is 19.3. The van der Waals surface area contributed by atoms with Gasteiger partial charge in [0.1, 0.15) is 5.71 Å². The van der Waals surface area contributed by atoms with Crippen LogP contribution in [-0.2, 0) is 21.0 Å². The van der Waals surface area contributed by atoms with Gasteiger partial charge in [-0.15, -0.1) is 0 Å². The van der Waals surface area contributed by atoms with Crippen LogP contribution >= 0.6 is 0 Å². The highest BCUT2D eigenvalue weighted by molar-refractivity contribution is 7.89. The molecule has 1 saturated heterocycles. The first kappa shape index (κ1) is 24.9. The number of likely N-dealkylation sites (tertiary alicyclic amines) is 1. The van der Waals surface area contributed by atoms with Crippen LogP contribution in [-0.4, -0.2) is 67.7 Å². The van der Waals surface area contributed by atoms with Gasteiger partial charge >= 0.3 is 6.18 Å². The van der Waals surface area contributed by atoms with Gasteiger partial charge in [0, 0.05) is 26.2 Å². The second kappa shape index (κ2) is 9.45. The van der Waals surface area contributed by atoms with E-state index in [9.17, 15) is 26.4 Å². The molecule has 3 heterocycles. The molecule has 3 aliphatic rings. The highest BCUT2D eigenvalue weighted by atomic mass is 32.2. The van der Waals surface area contributed by atoms with Gasteiger partial charge in [-0.05, 0) is 53.9 Å². The van der Waals surface area contributed by atoms with Gasteiger partial charge in [-0.3, -0.25) is 9.79 Å². The third kappa shape index (κ3) is 5.07. The Bertz CT molecular complexity index is 1120. The number of rotatable bonds is 5. The van der Waals surface area contributed by atoms with Crippen molar-refractivity contribution < 1.29 is 26.4 Å². The summed E-state index contributed by atoms with van der Waals surface area (Å²) in [7, 11) is -3.35. The van der Waals surface area contributed by atoms with Gasteiger partial charge in [0.25, 0.3) is 5.91 Å². The summed E-state index contributed by atoms with van der Waals surface area (Å²) in [6, 6.07) is 5.66. The van der Waals surface area contributed by atoms with Crippen molar-refractivity contribution in [3.8, 4) is 0 Å². The second-order valence-corrected chi connectivity index (χ2v) is 11.7. The minimum Gasteiger partial charge on any atom is -0.337 e. The Morgan fingerprint density at radius 1 is 1.15 bits per heavy atom. The van der Waals surface area contributed by atoms with E-state index in [1.807, 2.05) is 13.8 Å². The monoisotopic (exact) mass is 497 g/mol. The highest BCUT2D eigenvalue weighted by Gasteiger charge is 2.38. The van der Waals surface area contributed by atoms with Crippen molar-refractivity contribution in [2.75, 3.05) is 38.5 Å². The van der Waals surface area contributed by atoms with E-state index in [4.69, 9.17) is 0 Å². The number of carbonyl (C=O) groups is 1. The third-order valence-electron chi connectivity index (χ3n) is 6.75. The van der Waals surface area contributed by atoms with Crippen molar-refractivity contribution >= 4 is 21.6 Å². The van der Waals surface area contributed by atoms with E-state index in [1.54, 1.807) is 11.0 Å². The van der Waals surface area contributed by atoms with Crippen LogP contribution in [0.4, 0.5) is 13.2 Å². The van der Waals surface area contributed by atoms with E-state index in [0.717, 1.165) is 17.2 Å². The topological polar surface area (TPSA) is 70.0 Å². The molecule has 34 heavy (non-hydrogen) atoms. The predicted molar refractivity (Wildman–Crippen MR) is 124 cm³/mol. The van der Waals surface area contributed by atoms with Crippen LogP contribution in [0.15, 0.2) is 40.4 Å². The predicted octanol–water partition coefficient (Wildman–Crippen LogP) is 3.85. The molecule has 0 aliphatic carbocycles. The highest BCUT2D eigenvalue weighted by Crippen LogP contribution is 2.39. The molecule has 6 nitrogen and oxygen atoms in total. The van der Waals surface area contributed by atoms with Crippen LogP contribution in [0.5, 0.6) is 0 Å². The molecule has 0 saturated carbocycles. The summed E-state index contributed by atoms with van der Waals surface area (Å²) >= 11 is 0. The number of carbonyl (C=O) groups excluding carboxylic acids is 1. The van der Waals surface area contributed by atoms with Crippen molar-refractivity contribution in [3.05, 3.63) is 46.5 Å². The molecule has 0 aromatic heterocycles. The van der Waals surface area contributed by atoms with Crippen molar-refractivity contribution in [1.82, 2.24) is 9.21 Å². The number of alkyl halides is 3. The Morgan fingerprint density at radius 3 is 2.47 bits per heavy atom.